The van der Waals surface area contributed by atoms with Gasteiger partial charge in [-0.25, -0.2) is 9.59 Å². The summed E-state index contributed by atoms with van der Waals surface area (Å²) in [5.41, 5.74) is -0.0820. The Bertz CT molecular complexity index is 431. The van der Waals surface area contributed by atoms with Crippen LogP contribution in [0.1, 0.15) is 98.3 Å². The van der Waals surface area contributed by atoms with Gasteiger partial charge in [-0.15, -0.1) is 0 Å². The van der Waals surface area contributed by atoms with E-state index in [1.54, 1.807) is 0 Å². The van der Waals surface area contributed by atoms with Gasteiger partial charge in [0, 0.05) is 6.54 Å². The van der Waals surface area contributed by atoms with Crippen molar-refractivity contribution < 1.29 is 19.1 Å². The number of likely N-dealkylation sites (tertiary alicyclic amines) is 1. The molecule has 1 saturated heterocycles. The number of esters is 1. The van der Waals surface area contributed by atoms with Gasteiger partial charge in [-0.3, -0.25) is 4.90 Å². The van der Waals surface area contributed by atoms with E-state index in [9.17, 15) is 9.59 Å². The molecule has 0 bridgehead atoms. The lowest BCUT2D eigenvalue weighted by molar-refractivity contribution is -0.148. The monoisotopic (exact) mass is 383 g/mol. The highest BCUT2D eigenvalue weighted by molar-refractivity contribution is 5.82. The third-order valence-electron chi connectivity index (χ3n) is 4.88. The smallest absolute Gasteiger partial charge is 0.410 e. The van der Waals surface area contributed by atoms with Crippen LogP contribution in [0, 0.1) is 5.41 Å². The lowest BCUT2D eigenvalue weighted by Crippen LogP contribution is -2.42. The predicted octanol–water partition coefficient (Wildman–Crippen LogP) is 5.71. The summed E-state index contributed by atoms with van der Waals surface area (Å²) in [4.78, 5) is 26.1. The number of carbonyl (C=O) groups excluding carboxylic acids is 2. The van der Waals surface area contributed by atoms with Crippen molar-refractivity contribution in [3.05, 3.63) is 0 Å². The molecule has 5 nitrogen and oxygen atoms in total. The highest BCUT2D eigenvalue weighted by Crippen LogP contribution is 2.21. The summed E-state index contributed by atoms with van der Waals surface area (Å²) in [6.07, 6.45) is 12.2. The molecule has 0 aromatic carbocycles. The van der Waals surface area contributed by atoms with Crippen LogP contribution in [0.5, 0.6) is 0 Å². The van der Waals surface area contributed by atoms with E-state index >= 15 is 0 Å². The third kappa shape index (κ3) is 10.6. The van der Waals surface area contributed by atoms with E-state index in [1.165, 1.54) is 49.8 Å². The molecule has 0 spiro atoms. The van der Waals surface area contributed by atoms with Gasteiger partial charge in [0.05, 0.1) is 13.2 Å². The fourth-order valence-electron chi connectivity index (χ4n) is 3.27. The number of ether oxygens (including phenoxy) is 2. The summed E-state index contributed by atoms with van der Waals surface area (Å²) < 4.78 is 10.8. The first-order valence-corrected chi connectivity index (χ1v) is 10.9. The van der Waals surface area contributed by atoms with Gasteiger partial charge in [-0.05, 0) is 24.7 Å². The molecule has 1 aliphatic heterocycles. The van der Waals surface area contributed by atoms with Gasteiger partial charge in [-0.1, -0.05) is 79.1 Å². The standard InChI is InChI=1S/C22H41NO4/c1-5-6-7-8-9-10-11-12-13-17-26-20(24)19-15-14-16-23(19)21(25)27-18-22(2,3)4/h19H,5-18H2,1-4H3. The highest BCUT2D eigenvalue weighted by atomic mass is 16.6. The maximum absolute atomic E-state index is 12.3. The second-order valence-corrected chi connectivity index (χ2v) is 8.96. The van der Waals surface area contributed by atoms with E-state index in [2.05, 4.69) is 6.92 Å². The maximum atomic E-state index is 12.3. The molecule has 0 aromatic rings. The quantitative estimate of drug-likeness (QED) is 0.320. The Morgan fingerprint density at radius 2 is 1.52 bits per heavy atom. The molecule has 5 heteroatoms. The summed E-state index contributed by atoms with van der Waals surface area (Å²) >= 11 is 0. The highest BCUT2D eigenvalue weighted by Gasteiger charge is 2.36. The predicted molar refractivity (Wildman–Crippen MR) is 109 cm³/mol. The average molecular weight is 384 g/mol. The minimum absolute atomic E-state index is 0.0820. The number of hydrogen-bond donors (Lipinski definition) is 0. The van der Waals surface area contributed by atoms with E-state index < -0.39 is 12.1 Å². The van der Waals surface area contributed by atoms with Gasteiger partial charge in [0.2, 0.25) is 0 Å². The molecule has 0 aromatic heterocycles. The van der Waals surface area contributed by atoms with E-state index in [1.807, 2.05) is 20.8 Å². The first-order chi connectivity index (χ1) is 12.8. The molecule has 158 valence electrons. The zero-order valence-electron chi connectivity index (χ0n) is 18.1. The lowest BCUT2D eigenvalue weighted by atomic mass is 9.99. The molecule has 1 heterocycles. The molecule has 1 amide bonds. The van der Waals surface area contributed by atoms with Crippen molar-refractivity contribution in [2.75, 3.05) is 19.8 Å². The fraction of sp³-hybridized carbons (Fsp3) is 0.909. The van der Waals surface area contributed by atoms with E-state index in [-0.39, 0.29) is 11.4 Å². The first kappa shape index (κ1) is 23.8. The Balaban J connectivity index is 2.15. The second kappa shape index (κ2) is 13.0. The lowest BCUT2D eigenvalue weighted by Gasteiger charge is -2.25. The summed E-state index contributed by atoms with van der Waals surface area (Å²) in [5, 5.41) is 0. The van der Waals surface area contributed by atoms with Crippen LogP contribution < -0.4 is 0 Å². The van der Waals surface area contributed by atoms with Gasteiger partial charge in [0.15, 0.2) is 0 Å². The van der Waals surface area contributed by atoms with Crippen LogP contribution in [0.25, 0.3) is 0 Å². The van der Waals surface area contributed by atoms with Crippen molar-refractivity contribution in [1.29, 1.82) is 0 Å². The van der Waals surface area contributed by atoms with Crippen molar-refractivity contribution in [2.24, 2.45) is 5.41 Å². The Morgan fingerprint density at radius 3 is 2.11 bits per heavy atom. The molecule has 27 heavy (non-hydrogen) atoms. The average Bonchev–Trinajstić information content (AvgIpc) is 3.10. The Labute approximate surface area is 166 Å². The van der Waals surface area contributed by atoms with Crippen LogP contribution >= 0.6 is 0 Å². The number of rotatable bonds is 12. The fourth-order valence-corrected chi connectivity index (χ4v) is 3.27. The number of hydrogen-bond acceptors (Lipinski definition) is 4. The number of nitrogens with zero attached hydrogens (tertiary/aromatic N) is 1. The van der Waals surface area contributed by atoms with Gasteiger partial charge in [0.25, 0.3) is 0 Å². The third-order valence-corrected chi connectivity index (χ3v) is 4.88. The van der Waals surface area contributed by atoms with Crippen molar-refractivity contribution in [3.8, 4) is 0 Å². The van der Waals surface area contributed by atoms with Crippen molar-refractivity contribution >= 4 is 12.1 Å². The molecule has 0 saturated carbocycles. The summed E-state index contributed by atoms with van der Waals surface area (Å²) in [5.74, 6) is -0.278. The van der Waals surface area contributed by atoms with Gasteiger partial charge >= 0.3 is 12.1 Å². The van der Waals surface area contributed by atoms with Gasteiger partial charge < -0.3 is 9.47 Å². The van der Waals surface area contributed by atoms with Crippen LogP contribution in [0.3, 0.4) is 0 Å². The minimum Gasteiger partial charge on any atom is -0.464 e. The van der Waals surface area contributed by atoms with Crippen LogP contribution in [0.2, 0.25) is 0 Å². The Kier molecular flexibility index (Phi) is 11.5. The van der Waals surface area contributed by atoms with Crippen LogP contribution in [-0.2, 0) is 14.3 Å². The van der Waals surface area contributed by atoms with E-state index in [4.69, 9.17) is 9.47 Å². The Hall–Kier alpha value is -1.26. The number of amides is 1. The largest absolute Gasteiger partial charge is 0.464 e. The van der Waals surface area contributed by atoms with Crippen LogP contribution in [0.4, 0.5) is 4.79 Å². The number of carbonyl (C=O) groups is 2. The normalized spacial score (nSPS) is 17.2. The van der Waals surface area contributed by atoms with Crippen molar-refractivity contribution in [2.45, 2.75) is 104 Å². The van der Waals surface area contributed by atoms with E-state index in [0.717, 1.165) is 19.3 Å². The Morgan fingerprint density at radius 1 is 0.926 bits per heavy atom. The van der Waals surface area contributed by atoms with Crippen molar-refractivity contribution in [3.63, 3.8) is 0 Å². The zero-order valence-corrected chi connectivity index (χ0v) is 18.1. The number of unbranched alkanes of at least 4 members (excludes halogenated alkanes) is 8. The zero-order chi connectivity index (χ0) is 20.1. The molecular formula is C22H41NO4. The molecular weight excluding hydrogens is 342 g/mol. The molecule has 0 aliphatic carbocycles. The SMILES string of the molecule is CCCCCCCCCCCOC(=O)C1CCCN1C(=O)OCC(C)(C)C. The van der Waals surface area contributed by atoms with Gasteiger partial charge in [0.1, 0.15) is 6.04 Å². The molecule has 1 rings (SSSR count). The molecule has 0 N–H and O–H groups in total. The molecule has 1 fully saturated rings. The topological polar surface area (TPSA) is 55.8 Å². The summed E-state index contributed by atoms with van der Waals surface area (Å²) in [6, 6.07) is -0.476. The van der Waals surface area contributed by atoms with Gasteiger partial charge in [-0.2, -0.15) is 0 Å². The summed E-state index contributed by atoms with van der Waals surface area (Å²) in [7, 11) is 0. The molecule has 1 aliphatic rings. The molecule has 0 radical (unpaired) electrons. The minimum atomic E-state index is -0.476. The van der Waals surface area contributed by atoms with Crippen LogP contribution in [-0.4, -0.2) is 42.8 Å². The summed E-state index contributed by atoms with van der Waals surface area (Å²) in [6.45, 7) is 9.66. The van der Waals surface area contributed by atoms with E-state index in [0.29, 0.717) is 26.2 Å². The molecule has 1 atom stereocenters. The first-order valence-electron chi connectivity index (χ1n) is 10.9. The van der Waals surface area contributed by atoms with Crippen LogP contribution in [0.15, 0.2) is 0 Å². The second-order valence-electron chi connectivity index (χ2n) is 8.96. The molecule has 1 unspecified atom stereocenters. The van der Waals surface area contributed by atoms with Crippen molar-refractivity contribution in [1.82, 2.24) is 4.90 Å². The maximum Gasteiger partial charge on any atom is 0.410 e.